The van der Waals surface area contributed by atoms with Gasteiger partial charge in [-0.15, -0.1) is 11.3 Å². The molecule has 0 aliphatic heterocycles. The number of hydrogen-bond donors (Lipinski definition) is 1. The Hall–Kier alpha value is -1.59. The van der Waals surface area contributed by atoms with Gasteiger partial charge in [-0.1, -0.05) is 0 Å². The van der Waals surface area contributed by atoms with E-state index in [1.807, 2.05) is 36.4 Å². The number of rotatable bonds is 2. The molecule has 0 fully saturated rings. The van der Waals surface area contributed by atoms with Gasteiger partial charge in [0.25, 0.3) is 0 Å². The van der Waals surface area contributed by atoms with Gasteiger partial charge in [-0.3, -0.25) is 0 Å². The second kappa shape index (κ2) is 4.83. The van der Waals surface area contributed by atoms with Crippen LogP contribution < -0.4 is 10.5 Å². The van der Waals surface area contributed by atoms with Crippen molar-refractivity contribution in [1.82, 2.24) is 4.98 Å². The Morgan fingerprint density at radius 1 is 1.21 bits per heavy atom. The maximum Gasteiger partial charge on any atom is 0.133 e. The first-order valence-corrected chi connectivity index (χ1v) is 7.28. The predicted octanol–water partition coefficient (Wildman–Crippen LogP) is 4.32. The smallest absolute Gasteiger partial charge is 0.133 e. The summed E-state index contributed by atoms with van der Waals surface area (Å²) < 4.78 is 7.25. The van der Waals surface area contributed by atoms with Crippen molar-refractivity contribution < 1.29 is 4.74 Å². The summed E-state index contributed by atoms with van der Waals surface area (Å²) in [5.74, 6) is 0.814. The second-order valence-electron chi connectivity index (χ2n) is 4.10. The zero-order chi connectivity index (χ0) is 13.4. The topological polar surface area (TPSA) is 48.1 Å². The number of aromatic nitrogens is 1. The molecule has 3 nitrogen and oxygen atoms in total. The molecule has 0 aliphatic carbocycles. The van der Waals surface area contributed by atoms with E-state index in [0.29, 0.717) is 0 Å². The minimum atomic E-state index is 0.763. The van der Waals surface area contributed by atoms with Crippen LogP contribution >= 0.6 is 27.3 Å². The van der Waals surface area contributed by atoms with Crippen molar-refractivity contribution in [2.75, 3.05) is 12.8 Å². The van der Waals surface area contributed by atoms with Gasteiger partial charge in [0.05, 0.1) is 21.8 Å². The molecule has 0 atom stereocenters. The minimum Gasteiger partial charge on any atom is -0.496 e. The van der Waals surface area contributed by atoms with Crippen LogP contribution in [0.3, 0.4) is 0 Å². The molecule has 2 N–H and O–H groups in total. The first-order chi connectivity index (χ1) is 9.17. The maximum atomic E-state index is 5.79. The molecule has 3 aromatic rings. The molecule has 0 spiro atoms. The monoisotopic (exact) mass is 334 g/mol. The molecule has 0 bridgehead atoms. The van der Waals surface area contributed by atoms with E-state index in [9.17, 15) is 0 Å². The molecule has 2 aromatic carbocycles. The number of ether oxygens (including phenoxy) is 1. The average Bonchev–Trinajstić information content (AvgIpc) is 2.81. The van der Waals surface area contributed by atoms with Crippen molar-refractivity contribution in [3.05, 3.63) is 40.9 Å². The van der Waals surface area contributed by atoms with Gasteiger partial charge in [0.15, 0.2) is 0 Å². The van der Waals surface area contributed by atoms with E-state index in [1.165, 1.54) is 0 Å². The summed E-state index contributed by atoms with van der Waals surface area (Å²) in [6, 6.07) is 11.7. The van der Waals surface area contributed by atoms with Crippen LogP contribution in [0.5, 0.6) is 5.75 Å². The lowest BCUT2D eigenvalue weighted by molar-refractivity contribution is 0.412. The summed E-state index contributed by atoms with van der Waals surface area (Å²) in [7, 11) is 1.65. The van der Waals surface area contributed by atoms with Crippen LogP contribution in [0.15, 0.2) is 40.9 Å². The normalized spacial score (nSPS) is 10.8. The van der Waals surface area contributed by atoms with Gasteiger partial charge in [0.2, 0.25) is 0 Å². The first-order valence-electron chi connectivity index (χ1n) is 5.67. The third-order valence-electron chi connectivity index (χ3n) is 2.81. The molecule has 0 saturated carbocycles. The molecule has 96 valence electrons. The number of nitrogen functional groups attached to an aromatic ring is 1. The highest BCUT2D eigenvalue weighted by molar-refractivity contribution is 9.10. The summed E-state index contributed by atoms with van der Waals surface area (Å²) in [4.78, 5) is 4.62. The number of nitrogens with two attached hydrogens (primary N) is 1. The molecule has 0 unspecified atom stereocenters. The summed E-state index contributed by atoms with van der Waals surface area (Å²) in [6.45, 7) is 0. The van der Waals surface area contributed by atoms with Gasteiger partial charge in [0, 0.05) is 11.3 Å². The van der Waals surface area contributed by atoms with Gasteiger partial charge in [0.1, 0.15) is 10.8 Å². The van der Waals surface area contributed by atoms with E-state index in [2.05, 4.69) is 20.9 Å². The summed E-state index contributed by atoms with van der Waals surface area (Å²) in [5.41, 5.74) is 8.59. The van der Waals surface area contributed by atoms with Gasteiger partial charge >= 0.3 is 0 Å². The number of anilines is 1. The molecule has 0 saturated heterocycles. The SMILES string of the molecule is COc1ccc(-c2nc3ccc(N)cc3s2)cc1Br. The molecule has 1 heterocycles. The lowest BCUT2D eigenvalue weighted by atomic mass is 10.2. The van der Waals surface area contributed by atoms with Crippen molar-refractivity contribution in [2.24, 2.45) is 0 Å². The van der Waals surface area contributed by atoms with Crippen LogP contribution in [-0.4, -0.2) is 12.1 Å². The molecule has 0 amide bonds. The minimum absolute atomic E-state index is 0.763. The van der Waals surface area contributed by atoms with Crippen molar-refractivity contribution in [2.45, 2.75) is 0 Å². The van der Waals surface area contributed by atoms with E-state index in [0.717, 1.165) is 36.7 Å². The standard InChI is InChI=1S/C14H11BrN2OS/c1-18-12-5-2-8(6-10(12)15)14-17-11-4-3-9(16)7-13(11)19-14/h2-7H,16H2,1H3. The van der Waals surface area contributed by atoms with Crippen molar-refractivity contribution in [3.63, 3.8) is 0 Å². The first kappa shape index (κ1) is 12.4. The highest BCUT2D eigenvalue weighted by atomic mass is 79.9. The Balaban J connectivity index is 2.11. The van der Waals surface area contributed by atoms with Crippen molar-refractivity contribution >= 4 is 43.2 Å². The second-order valence-corrected chi connectivity index (χ2v) is 5.98. The summed E-state index contributed by atoms with van der Waals surface area (Å²) >= 11 is 5.13. The van der Waals surface area contributed by atoms with Crippen LogP contribution in [0.1, 0.15) is 0 Å². The number of thiazole rings is 1. The van der Waals surface area contributed by atoms with Crippen LogP contribution in [-0.2, 0) is 0 Å². The largest absolute Gasteiger partial charge is 0.496 e. The Morgan fingerprint density at radius 3 is 2.79 bits per heavy atom. The lowest BCUT2D eigenvalue weighted by Gasteiger charge is -2.03. The third kappa shape index (κ3) is 2.31. The Labute approximate surface area is 123 Å². The van der Waals surface area contributed by atoms with Crippen LogP contribution in [0, 0.1) is 0 Å². The fraction of sp³-hybridized carbons (Fsp3) is 0.0714. The molecule has 1 aromatic heterocycles. The lowest BCUT2D eigenvalue weighted by Crippen LogP contribution is -1.84. The van der Waals surface area contributed by atoms with E-state index in [-0.39, 0.29) is 0 Å². The van der Waals surface area contributed by atoms with Crippen LogP contribution in [0.4, 0.5) is 5.69 Å². The van der Waals surface area contributed by atoms with Gasteiger partial charge in [-0.05, 0) is 52.3 Å². The van der Waals surface area contributed by atoms with Crippen molar-refractivity contribution in [1.29, 1.82) is 0 Å². The Bertz CT molecular complexity index is 754. The molecule has 3 rings (SSSR count). The third-order valence-corrected chi connectivity index (χ3v) is 4.50. The molecular weight excluding hydrogens is 324 g/mol. The Kier molecular flexibility index (Phi) is 3.16. The van der Waals surface area contributed by atoms with Gasteiger partial charge in [-0.25, -0.2) is 4.98 Å². The summed E-state index contributed by atoms with van der Waals surface area (Å²) in [5, 5.41) is 0.976. The molecule has 0 radical (unpaired) electrons. The Morgan fingerprint density at radius 2 is 2.05 bits per heavy atom. The van der Waals surface area contributed by atoms with Crippen LogP contribution in [0.2, 0.25) is 0 Å². The highest BCUT2D eigenvalue weighted by Gasteiger charge is 2.09. The van der Waals surface area contributed by atoms with E-state index < -0.39 is 0 Å². The molecule has 19 heavy (non-hydrogen) atoms. The average molecular weight is 335 g/mol. The molecule has 0 aliphatic rings. The van der Waals surface area contributed by atoms with Gasteiger partial charge < -0.3 is 10.5 Å². The number of nitrogens with zero attached hydrogens (tertiary/aromatic N) is 1. The molecule has 5 heteroatoms. The van der Waals surface area contributed by atoms with Gasteiger partial charge in [-0.2, -0.15) is 0 Å². The van der Waals surface area contributed by atoms with E-state index >= 15 is 0 Å². The zero-order valence-electron chi connectivity index (χ0n) is 10.2. The fourth-order valence-corrected chi connectivity index (χ4v) is 3.42. The van der Waals surface area contributed by atoms with E-state index in [4.69, 9.17) is 10.5 Å². The zero-order valence-corrected chi connectivity index (χ0v) is 12.6. The number of hydrogen-bond acceptors (Lipinski definition) is 4. The quantitative estimate of drug-likeness (QED) is 0.710. The molecular formula is C14H11BrN2OS. The number of benzene rings is 2. The number of methoxy groups -OCH3 is 1. The fourth-order valence-electron chi connectivity index (χ4n) is 1.86. The van der Waals surface area contributed by atoms with Crippen LogP contribution in [0.25, 0.3) is 20.8 Å². The predicted molar refractivity (Wildman–Crippen MR) is 83.7 cm³/mol. The number of halogens is 1. The van der Waals surface area contributed by atoms with Crippen molar-refractivity contribution in [3.8, 4) is 16.3 Å². The summed E-state index contributed by atoms with van der Waals surface area (Å²) in [6.07, 6.45) is 0. The van der Waals surface area contributed by atoms with E-state index in [1.54, 1.807) is 18.4 Å². The number of fused-ring (bicyclic) bond motifs is 1. The maximum absolute atomic E-state index is 5.79. The highest BCUT2D eigenvalue weighted by Crippen LogP contribution is 2.35.